The summed E-state index contributed by atoms with van der Waals surface area (Å²) in [6.07, 6.45) is 3.20. The molecule has 0 bridgehead atoms. The van der Waals surface area contributed by atoms with Crippen LogP contribution in [0.15, 0.2) is 11.0 Å². The third-order valence-corrected chi connectivity index (χ3v) is 6.27. The molecule has 0 spiro atoms. The first-order chi connectivity index (χ1) is 15.9. The minimum Gasteiger partial charge on any atom is -0.477 e. The van der Waals surface area contributed by atoms with Gasteiger partial charge in [0.2, 0.25) is 5.43 Å². The van der Waals surface area contributed by atoms with E-state index in [0.717, 1.165) is 12.8 Å². The number of carbonyl (C=O) groups is 2. The minimum atomic E-state index is -1.33. The second kappa shape index (κ2) is 8.48. The Morgan fingerprint density at radius 2 is 1.91 bits per heavy atom. The SMILES string of the molecule is CNc1c(F)c(N2CC[C@H](NC(=O)OC(C)(C)C)C2)c(C)c2c1c(=O)c(C(=O)O)cn2C1CC1. The lowest BCUT2D eigenvalue weighted by molar-refractivity contribution is 0.0508. The van der Waals surface area contributed by atoms with E-state index in [1.807, 2.05) is 9.47 Å². The fourth-order valence-electron chi connectivity index (χ4n) is 4.71. The van der Waals surface area contributed by atoms with E-state index >= 15 is 4.39 Å². The van der Waals surface area contributed by atoms with Crippen LogP contribution in [-0.4, -0.2) is 53.5 Å². The van der Waals surface area contributed by atoms with Crippen LogP contribution in [0.4, 0.5) is 20.6 Å². The quantitative estimate of drug-likeness (QED) is 0.607. The molecule has 2 fully saturated rings. The Bertz CT molecular complexity index is 1230. The maximum atomic E-state index is 15.9. The number of rotatable bonds is 5. The summed E-state index contributed by atoms with van der Waals surface area (Å²) >= 11 is 0. The van der Waals surface area contributed by atoms with Gasteiger partial charge in [-0.3, -0.25) is 4.79 Å². The topological polar surface area (TPSA) is 113 Å². The number of nitrogens with one attached hydrogen (secondary N) is 2. The minimum absolute atomic E-state index is 0.0124. The normalized spacial score (nSPS) is 18.3. The first-order valence-electron chi connectivity index (χ1n) is 11.5. The standard InChI is InChI=1S/C24H31FN4O5/c1-12-19-16(21(30)15(22(31)32)11-29(19)14-6-7-14)18(26-5)17(25)20(12)28-9-8-13(10-28)27-23(33)34-24(2,3)4/h11,13-14,26H,6-10H2,1-5H3,(H,27,33)(H,31,32)/t13-/m0/s1. The Kier molecular flexibility index (Phi) is 5.95. The molecule has 1 aliphatic carbocycles. The van der Waals surface area contributed by atoms with E-state index in [-0.39, 0.29) is 28.7 Å². The van der Waals surface area contributed by atoms with E-state index in [4.69, 9.17) is 4.74 Å². The van der Waals surface area contributed by atoms with Crippen LogP contribution in [0.3, 0.4) is 0 Å². The number of pyridine rings is 1. The van der Waals surface area contributed by atoms with Gasteiger partial charge in [0.1, 0.15) is 11.2 Å². The zero-order chi connectivity index (χ0) is 24.9. The van der Waals surface area contributed by atoms with E-state index in [9.17, 15) is 19.5 Å². The molecule has 1 atom stereocenters. The molecule has 2 heterocycles. The van der Waals surface area contributed by atoms with Crippen molar-refractivity contribution in [3.05, 3.63) is 33.4 Å². The first-order valence-corrected chi connectivity index (χ1v) is 11.5. The van der Waals surface area contributed by atoms with E-state index in [1.165, 1.54) is 13.2 Å². The van der Waals surface area contributed by atoms with Gasteiger partial charge in [-0.1, -0.05) is 0 Å². The Hall–Kier alpha value is -3.30. The number of ether oxygens (including phenoxy) is 1. The number of carboxylic acid groups (broad SMARTS) is 1. The summed E-state index contributed by atoms with van der Waals surface area (Å²) in [6, 6.07) is -0.148. The molecule has 10 heteroatoms. The molecule has 3 N–H and O–H groups in total. The molecule has 1 saturated heterocycles. The van der Waals surface area contributed by atoms with Crippen LogP contribution in [0.25, 0.3) is 10.9 Å². The van der Waals surface area contributed by atoms with Crippen LogP contribution in [0, 0.1) is 12.7 Å². The Morgan fingerprint density at radius 1 is 1.24 bits per heavy atom. The zero-order valence-electron chi connectivity index (χ0n) is 20.1. The summed E-state index contributed by atoms with van der Waals surface area (Å²) in [7, 11) is 1.52. The fraction of sp³-hybridized carbons (Fsp3) is 0.542. The number of hydrogen-bond acceptors (Lipinski definition) is 6. The van der Waals surface area contributed by atoms with Gasteiger partial charge in [0.15, 0.2) is 5.82 Å². The second-order valence-corrected chi connectivity index (χ2v) is 10.0. The monoisotopic (exact) mass is 474 g/mol. The molecular formula is C24H31FN4O5. The fourth-order valence-corrected chi connectivity index (χ4v) is 4.71. The van der Waals surface area contributed by atoms with Crippen molar-refractivity contribution in [2.45, 2.75) is 64.6 Å². The van der Waals surface area contributed by atoms with Crippen LogP contribution in [-0.2, 0) is 4.74 Å². The number of anilines is 2. The highest BCUT2D eigenvalue weighted by Crippen LogP contribution is 2.43. The zero-order valence-corrected chi connectivity index (χ0v) is 20.1. The van der Waals surface area contributed by atoms with Gasteiger partial charge in [0.05, 0.1) is 28.3 Å². The van der Waals surface area contributed by atoms with Gasteiger partial charge < -0.3 is 29.9 Å². The number of carboxylic acids is 1. The third-order valence-electron chi connectivity index (χ3n) is 6.27. The summed E-state index contributed by atoms with van der Waals surface area (Å²) in [5.74, 6) is -1.94. The Balaban J connectivity index is 1.79. The molecule has 1 amide bonds. The van der Waals surface area contributed by atoms with E-state index in [1.54, 1.807) is 27.7 Å². The number of nitrogens with zero attached hydrogens (tertiary/aromatic N) is 2. The van der Waals surface area contributed by atoms with Gasteiger partial charge in [-0.2, -0.15) is 0 Å². The molecule has 2 aromatic rings. The number of aromatic carboxylic acids is 1. The summed E-state index contributed by atoms with van der Waals surface area (Å²) in [6.45, 7) is 8.01. The van der Waals surface area contributed by atoms with Crippen LogP contribution < -0.4 is 21.0 Å². The number of halogens is 1. The van der Waals surface area contributed by atoms with Crippen molar-refractivity contribution < 1.29 is 23.8 Å². The van der Waals surface area contributed by atoms with E-state index in [2.05, 4.69) is 10.6 Å². The summed E-state index contributed by atoms with van der Waals surface area (Å²) in [4.78, 5) is 38.9. The molecule has 34 heavy (non-hydrogen) atoms. The van der Waals surface area contributed by atoms with Gasteiger partial charge in [-0.05, 0) is 52.5 Å². The predicted octanol–water partition coefficient (Wildman–Crippen LogP) is 3.63. The molecule has 184 valence electrons. The van der Waals surface area contributed by atoms with E-state index < -0.39 is 28.9 Å². The molecule has 2 aliphatic rings. The molecule has 9 nitrogen and oxygen atoms in total. The number of aromatic nitrogens is 1. The summed E-state index contributed by atoms with van der Waals surface area (Å²) < 4.78 is 23.0. The van der Waals surface area contributed by atoms with Crippen molar-refractivity contribution in [1.82, 2.24) is 9.88 Å². The van der Waals surface area contributed by atoms with Crippen molar-refractivity contribution in [3.8, 4) is 0 Å². The van der Waals surface area contributed by atoms with Gasteiger partial charge in [-0.15, -0.1) is 0 Å². The Labute approximate surface area is 196 Å². The predicted molar refractivity (Wildman–Crippen MR) is 128 cm³/mol. The van der Waals surface area contributed by atoms with Gasteiger partial charge in [-0.25, -0.2) is 14.0 Å². The molecule has 4 rings (SSSR count). The van der Waals surface area contributed by atoms with Crippen LogP contribution in [0.5, 0.6) is 0 Å². The highest BCUT2D eigenvalue weighted by molar-refractivity contribution is 6.02. The number of amides is 1. The van der Waals surface area contributed by atoms with Crippen molar-refractivity contribution in [1.29, 1.82) is 0 Å². The van der Waals surface area contributed by atoms with E-state index in [0.29, 0.717) is 36.3 Å². The molecular weight excluding hydrogens is 443 g/mol. The lowest BCUT2D eigenvalue weighted by Gasteiger charge is -2.26. The average Bonchev–Trinajstić information content (AvgIpc) is 3.47. The number of aryl methyl sites for hydroxylation is 1. The number of carbonyl (C=O) groups excluding carboxylic acids is 1. The smallest absolute Gasteiger partial charge is 0.407 e. The summed E-state index contributed by atoms with van der Waals surface area (Å²) in [5.41, 5.74) is -0.240. The number of hydrogen-bond donors (Lipinski definition) is 3. The van der Waals surface area contributed by atoms with Crippen molar-refractivity contribution in [2.75, 3.05) is 30.4 Å². The highest BCUT2D eigenvalue weighted by Gasteiger charge is 2.34. The van der Waals surface area contributed by atoms with Crippen molar-refractivity contribution >= 4 is 34.3 Å². The lowest BCUT2D eigenvalue weighted by Crippen LogP contribution is -2.40. The molecule has 1 saturated carbocycles. The largest absolute Gasteiger partial charge is 0.477 e. The van der Waals surface area contributed by atoms with Gasteiger partial charge in [0, 0.05) is 32.4 Å². The summed E-state index contributed by atoms with van der Waals surface area (Å²) in [5, 5.41) is 15.3. The molecule has 1 aromatic heterocycles. The van der Waals surface area contributed by atoms with Crippen molar-refractivity contribution in [3.63, 3.8) is 0 Å². The molecule has 0 radical (unpaired) electrons. The molecule has 1 aromatic carbocycles. The van der Waals surface area contributed by atoms with Gasteiger partial charge >= 0.3 is 12.1 Å². The molecule has 0 unspecified atom stereocenters. The van der Waals surface area contributed by atoms with Crippen LogP contribution in [0.2, 0.25) is 0 Å². The lowest BCUT2D eigenvalue weighted by atomic mass is 10.0. The second-order valence-electron chi connectivity index (χ2n) is 10.0. The van der Waals surface area contributed by atoms with Gasteiger partial charge in [0.25, 0.3) is 0 Å². The molecule has 1 aliphatic heterocycles. The number of fused-ring (bicyclic) bond motifs is 1. The Morgan fingerprint density at radius 3 is 2.47 bits per heavy atom. The number of alkyl carbamates (subject to hydrolysis) is 1. The van der Waals surface area contributed by atoms with Crippen LogP contribution >= 0.6 is 0 Å². The third kappa shape index (κ3) is 4.28. The number of benzene rings is 1. The maximum Gasteiger partial charge on any atom is 0.407 e. The van der Waals surface area contributed by atoms with Crippen LogP contribution in [0.1, 0.15) is 62.0 Å². The van der Waals surface area contributed by atoms with Crippen molar-refractivity contribution in [2.24, 2.45) is 0 Å². The average molecular weight is 475 g/mol. The highest BCUT2D eigenvalue weighted by atomic mass is 19.1. The maximum absolute atomic E-state index is 15.9. The first kappa shape index (κ1) is 23.8.